The van der Waals surface area contributed by atoms with Crippen LogP contribution in [0.2, 0.25) is 0 Å². The van der Waals surface area contributed by atoms with Gasteiger partial charge in [-0.05, 0) is 6.92 Å². The lowest BCUT2D eigenvalue weighted by molar-refractivity contribution is -0.129. The van der Waals surface area contributed by atoms with Gasteiger partial charge in [0.15, 0.2) is 0 Å². The molecule has 0 aromatic carbocycles. The quantitative estimate of drug-likeness (QED) is 0.509. The Bertz CT molecular complexity index is 136. The molecule has 0 spiro atoms. The van der Waals surface area contributed by atoms with E-state index in [2.05, 4.69) is 5.32 Å². The van der Waals surface area contributed by atoms with Gasteiger partial charge < -0.3 is 10.2 Å². The van der Waals surface area contributed by atoms with E-state index >= 15 is 0 Å². The van der Waals surface area contributed by atoms with Gasteiger partial charge in [0, 0.05) is 32.6 Å². The van der Waals surface area contributed by atoms with Crippen LogP contribution in [0.5, 0.6) is 0 Å². The molecule has 1 rings (SSSR count). The molecule has 0 aromatic rings. The van der Waals surface area contributed by atoms with Crippen molar-refractivity contribution in [3.63, 3.8) is 0 Å². The highest BCUT2D eigenvalue weighted by Gasteiger charge is 2.16. The molecule has 1 heterocycles. The molecular weight excluding hydrogens is 128 g/mol. The van der Waals surface area contributed by atoms with Crippen LogP contribution in [0, 0.1) is 0 Å². The molecule has 1 fully saturated rings. The van der Waals surface area contributed by atoms with E-state index in [0.717, 1.165) is 13.1 Å². The Morgan fingerprint density at radius 3 is 3.10 bits per heavy atom. The van der Waals surface area contributed by atoms with Crippen LogP contribution in [0.3, 0.4) is 0 Å². The van der Waals surface area contributed by atoms with Gasteiger partial charge in [-0.15, -0.1) is 0 Å². The zero-order chi connectivity index (χ0) is 7.56. The van der Waals surface area contributed by atoms with Crippen molar-refractivity contribution in [2.75, 3.05) is 20.1 Å². The number of hydrogen-bond donors (Lipinski definition) is 1. The lowest BCUT2D eigenvalue weighted by Gasteiger charge is -2.11. The van der Waals surface area contributed by atoms with Crippen LogP contribution in [0.4, 0.5) is 0 Å². The number of carbonyl (C=O) groups is 1. The molecule has 1 aliphatic rings. The molecule has 3 heteroatoms. The maximum atomic E-state index is 11.1. The van der Waals surface area contributed by atoms with E-state index in [1.165, 1.54) is 0 Å². The topological polar surface area (TPSA) is 32.3 Å². The average Bonchev–Trinajstić information content (AvgIpc) is 1.96. The molecule has 1 amide bonds. The standard InChI is InChI=1S/C7H14N2O/c1-6-5-7(10)9(2)4-3-8-6/h6,8H,3-5H2,1-2H3. The first kappa shape index (κ1) is 7.54. The van der Waals surface area contributed by atoms with Crippen molar-refractivity contribution in [3.05, 3.63) is 0 Å². The van der Waals surface area contributed by atoms with Crippen molar-refractivity contribution < 1.29 is 4.79 Å². The molecule has 0 aliphatic carbocycles. The Morgan fingerprint density at radius 1 is 1.70 bits per heavy atom. The largest absolute Gasteiger partial charge is 0.344 e. The van der Waals surface area contributed by atoms with E-state index in [-0.39, 0.29) is 5.91 Å². The second-order valence-corrected chi connectivity index (χ2v) is 2.87. The summed E-state index contributed by atoms with van der Waals surface area (Å²) in [4.78, 5) is 12.9. The second-order valence-electron chi connectivity index (χ2n) is 2.87. The van der Waals surface area contributed by atoms with Crippen LogP contribution in [0.15, 0.2) is 0 Å². The number of likely N-dealkylation sites (N-methyl/N-ethyl adjacent to an activating group) is 1. The van der Waals surface area contributed by atoms with Gasteiger partial charge >= 0.3 is 0 Å². The number of carbonyl (C=O) groups excluding carboxylic acids is 1. The third kappa shape index (κ3) is 1.70. The first-order valence-electron chi connectivity index (χ1n) is 3.67. The monoisotopic (exact) mass is 142 g/mol. The molecule has 0 radical (unpaired) electrons. The number of amides is 1. The van der Waals surface area contributed by atoms with E-state index in [1.807, 2.05) is 14.0 Å². The minimum absolute atomic E-state index is 0.248. The van der Waals surface area contributed by atoms with Gasteiger partial charge in [-0.25, -0.2) is 0 Å². The normalized spacial score (nSPS) is 28.4. The molecule has 1 unspecified atom stereocenters. The third-order valence-corrected chi connectivity index (χ3v) is 1.85. The van der Waals surface area contributed by atoms with Crippen LogP contribution < -0.4 is 5.32 Å². The zero-order valence-corrected chi connectivity index (χ0v) is 6.55. The molecule has 1 saturated heterocycles. The number of rotatable bonds is 0. The summed E-state index contributed by atoms with van der Waals surface area (Å²) < 4.78 is 0. The van der Waals surface area contributed by atoms with Gasteiger partial charge in [0.05, 0.1) is 0 Å². The Kier molecular flexibility index (Phi) is 2.27. The molecule has 0 aromatic heterocycles. The molecule has 3 nitrogen and oxygen atoms in total. The van der Waals surface area contributed by atoms with Crippen molar-refractivity contribution >= 4 is 5.91 Å². The lowest BCUT2D eigenvalue weighted by atomic mass is 10.2. The van der Waals surface area contributed by atoms with Gasteiger partial charge in [-0.2, -0.15) is 0 Å². The fraction of sp³-hybridized carbons (Fsp3) is 0.857. The molecule has 58 valence electrons. The highest BCUT2D eigenvalue weighted by Crippen LogP contribution is 1.99. The first-order valence-corrected chi connectivity index (χ1v) is 3.67. The molecular formula is C7H14N2O. The van der Waals surface area contributed by atoms with E-state index in [1.54, 1.807) is 4.90 Å². The van der Waals surface area contributed by atoms with Gasteiger partial charge in [0.25, 0.3) is 0 Å². The van der Waals surface area contributed by atoms with Crippen LogP contribution in [-0.4, -0.2) is 37.0 Å². The molecule has 1 aliphatic heterocycles. The van der Waals surface area contributed by atoms with Gasteiger partial charge in [0.1, 0.15) is 0 Å². The summed E-state index contributed by atoms with van der Waals surface area (Å²) >= 11 is 0. The van der Waals surface area contributed by atoms with Crippen molar-refractivity contribution in [3.8, 4) is 0 Å². The van der Waals surface area contributed by atoms with Crippen LogP contribution in [-0.2, 0) is 4.79 Å². The fourth-order valence-electron chi connectivity index (χ4n) is 1.09. The van der Waals surface area contributed by atoms with Crippen LogP contribution in [0.25, 0.3) is 0 Å². The summed E-state index contributed by atoms with van der Waals surface area (Å²) in [6.07, 6.45) is 0.635. The predicted octanol–water partition coefficient (Wildman–Crippen LogP) is -0.173. The Balaban J connectivity index is 2.49. The second kappa shape index (κ2) is 3.01. The Morgan fingerprint density at radius 2 is 2.40 bits per heavy atom. The predicted molar refractivity (Wildman–Crippen MR) is 39.7 cm³/mol. The summed E-state index contributed by atoms with van der Waals surface area (Å²) in [5.74, 6) is 0.248. The van der Waals surface area contributed by atoms with E-state index < -0.39 is 0 Å². The summed E-state index contributed by atoms with van der Waals surface area (Å²) in [5.41, 5.74) is 0. The molecule has 10 heavy (non-hydrogen) atoms. The van der Waals surface area contributed by atoms with E-state index in [0.29, 0.717) is 12.5 Å². The summed E-state index contributed by atoms with van der Waals surface area (Å²) in [7, 11) is 1.85. The fourth-order valence-corrected chi connectivity index (χ4v) is 1.09. The van der Waals surface area contributed by atoms with Gasteiger partial charge in [0.2, 0.25) is 5.91 Å². The highest BCUT2D eigenvalue weighted by atomic mass is 16.2. The smallest absolute Gasteiger partial charge is 0.223 e. The minimum atomic E-state index is 0.248. The maximum absolute atomic E-state index is 11.1. The number of nitrogens with zero attached hydrogens (tertiary/aromatic N) is 1. The molecule has 0 bridgehead atoms. The van der Waals surface area contributed by atoms with Gasteiger partial charge in [-0.1, -0.05) is 0 Å². The molecule has 1 atom stereocenters. The number of nitrogens with one attached hydrogen (secondary N) is 1. The minimum Gasteiger partial charge on any atom is -0.344 e. The summed E-state index contributed by atoms with van der Waals surface area (Å²) in [5, 5.41) is 3.24. The molecule has 1 N–H and O–H groups in total. The Hall–Kier alpha value is -0.570. The van der Waals surface area contributed by atoms with E-state index in [4.69, 9.17) is 0 Å². The average molecular weight is 142 g/mol. The first-order chi connectivity index (χ1) is 4.70. The van der Waals surface area contributed by atoms with Gasteiger partial charge in [-0.3, -0.25) is 4.79 Å². The summed E-state index contributed by atoms with van der Waals surface area (Å²) in [6, 6.07) is 0.345. The SMILES string of the molecule is CC1CC(=O)N(C)CCN1. The maximum Gasteiger partial charge on any atom is 0.223 e. The van der Waals surface area contributed by atoms with Crippen molar-refractivity contribution in [2.45, 2.75) is 19.4 Å². The van der Waals surface area contributed by atoms with Crippen molar-refractivity contribution in [1.82, 2.24) is 10.2 Å². The molecule has 0 saturated carbocycles. The zero-order valence-electron chi connectivity index (χ0n) is 6.55. The summed E-state index contributed by atoms with van der Waals surface area (Å²) in [6.45, 7) is 3.80. The highest BCUT2D eigenvalue weighted by molar-refractivity contribution is 5.76. The lowest BCUT2D eigenvalue weighted by Crippen LogP contribution is -2.27. The van der Waals surface area contributed by atoms with Crippen molar-refractivity contribution in [2.24, 2.45) is 0 Å². The van der Waals surface area contributed by atoms with Crippen LogP contribution >= 0.6 is 0 Å². The Labute approximate surface area is 61.4 Å². The van der Waals surface area contributed by atoms with Crippen LogP contribution in [0.1, 0.15) is 13.3 Å². The van der Waals surface area contributed by atoms with Crippen molar-refractivity contribution in [1.29, 1.82) is 0 Å². The third-order valence-electron chi connectivity index (χ3n) is 1.85. The number of hydrogen-bond acceptors (Lipinski definition) is 2. The van der Waals surface area contributed by atoms with E-state index in [9.17, 15) is 4.79 Å².